The molecule has 3 rings (SSSR count). The first kappa shape index (κ1) is 23.8. The van der Waals surface area contributed by atoms with Crippen LogP contribution in [0.3, 0.4) is 0 Å². The lowest BCUT2D eigenvalue weighted by Gasteiger charge is -2.34. The van der Waals surface area contributed by atoms with Crippen molar-refractivity contribution in [2.24, 2.45) is 0 Å². The van der Waals surface area contributed by atoms with Gasteiger partial charge in [-0.2, -0.15) is 0 Å². The van der Waals surface area contributed by atoms with Gasteiger partial charge in [-0.05, 0) is 35.8 Å². The summed E-state index contributed by atoms with van der Waals surface area (Å²) in [6.07, 6.45) is 5.04. The normalized spacial score (nSPS) is 15.1. The van der Waals surface area contributed by atoms with Crippen LogP contribution < -0.4 is 14.2 Å². The van der Waals surface area contributed by atoms with E-state index in [2.05, 4.69) is 40.1 Å². The number of ether oxygens (including phenoxy) is 3. The van der Waals surface area contributed by atoms with Gasteiger partial charge in [-0.15, -0.1) is 0 Å². The average molecular weight is 439 g/mol. The third-order valence-electron chi connectivity index (χ3n) is 5.85. The quantitative estimate of drug-likeness (QED) is 0.500. The van der Waals surface area contributed by atoms with E-state index in [0.717, 1.165) is 51.3 Å². The van der Waals surface area contributed by atoms with Crippen LogP contribution in [-0.2, 0) is 11.2 Å². The molecule has 1 fully saturated rings. The standard InChI is InChI=1S/C26H34N2O4/c1-30-24-19-22(20-25(31-2)26(24)32-3)9-10-23(29)12-14-28-17-15-27(16-18-28)13-11-21-7-5-4-6-8-21/h4-10,19-20H,11-18H2,1-3H3. The maximum Gasteiger partial charge on any atom is 0.203 e. The van der Waals surface area contributed by atoms with Crippen LogP contribution in [0.25, 0.3) is 6.08 Å². The van der Waals surface area contributed by atoms with Gasteiger partial charge in [0, 0.05) is 45.7 Å². The van der Waals surface area contributed by atoms with Gasteiger partial charge >= 0.3 is 0 Å². The topological polar surface area (TPSA) is 51.2 Å². The number of piperazine rings is 1. The number of allylic oxidation sites excluding steroid dienone is 1. The Labute approximate surface area is 191 Å². The van der Waals surface area contributed by atoms with Crippen LogP contribution in [-0.4, -0.2) is 76.2 Å². The van der Waals surface area contributed by atoms with E-state index >= 15 is 0 Å². The molecule has 0 aliphatic carbocycles. The predicted octanol–water partition coefficient (Wildman–Crippen LogP) is 3.55. The van der Waals surface area contributed by atoms with Crippen molar-refractivity contribution in [3.8, 4) is 17.2 Å². The molecule has 0 spiro atoms. The first-order valence-corrected chi connectivity index (χ1v) is 11.1. The molecule has 2 aromatic rings. The van der Waals surface area contributed by atoms with E-state index in [0.29, 0.717) is 23.7 Å². The first-order chi connectivity index (χ1) is 15.6. The van der Waals surface area contributed by atoms with E-state index in [4.69, 9.17) is 14.2 Å². The molecule has 0 N–H and O–H groups in total. The highest BCUT2D eigenvalue weighted by Crippen LogP contribution is 2.38. The molecule has 0 atom stereocenters. The fraction of sp³-hybridized carbons (Fsp3) is 0.423. The molecule has 0 saturated carbocycles. The predicted molar refractivity (Wildman–Crippen MR) is 128 cm³/mol. The molecule has 1 aliphatic rings. The Morgan fingerprint density at radius 3 is 2.03 bits per heavy atom. The van der Waals surface area contributed by atoms with Crippen LogP contribution in [0.2, 0.25) is 0 Å². The van der Waals surface area contributed by atoms with Gasteiger partial charge in [0.1, 0.15) is 0 Å². The highest BCUT2D eigenvalue weighted by molar-refractivity contribution is 5.93. The smallest absolute Gasteiger partial charge is 0.203 e. The first-order valence-electron chi connectivity index (χ1n) is 11.1. The lowest BCUT2D eigenvalue weighted by Crippen LogP contribution is -2.47. The number of rotatable bonds is 11. The van der Waals surface area contributed by atoms with E-state index in [1.165, 1.54) is 5.56 Å². The number of benzene rings is 2. The molecule has 1 saturated heterocycles. The maximum atomic E-state index is 12.4. The molecule has 1 heterocycles. The summed E-state index contributed by atoms with van der Waals surface area (Å²) in [6, 6.07) is 14.3. The van der Waals surface area contributed by atoms with Crippen LogP contribution in [0.15, 0.2) is 48.5 Å². The van der Waals surface area contributed by atoms with Crippen LogP contribution >= 0.6 is 0 Å². The Morgan fingerprint density at radius 1 is 0.875 bits per heavy atom. The van der Waals surface area contributed by atoms with Gasteiger partial charge in [-0.3, -0.25) is 4.79 Å². The second-order valence-electron chi connectivity index (χ2n) is 7.93. The zero-order chi connectivity index (χ0) is 22.8. The number of carbonyl (C=O) groups is 1. The van der Waals surface area contributed by atoms with Crippen molar-refractivity contribution >= 4 is 11.9 Å². The van der Waals surface area contributed by atoms with Gasteiger partial charge in [0.05, 0.1) is 21.3 Å². The average Bonchev–Trinajstić information content (AvgIpc) is 2.85. The van der Waals surface area contributed by atoms with E-state index in [1.807, 2.05) is 12.1 Å². The Bertz CT molecular complexity index is 865. The second-order valence-corrected chi connectivity index (χ2v) is 7.93. The van der Waals surface area contributed by atoms with Crippen molar-refractivity contribution in [3.05, 3.63) is 59.7 Å². The zero-order valence-corrected chi connectivity index (χ0v) is 19.4. The SMILES string of the molecule is COc1cc(C=CC(=O)CCN2CCN(CCc3ccccc3)CC2)cc(OC)c1OC. The number of carbonyl (C=O) groups excluding carboxylic acids is 1. The second kappa shape index (κ2) is 12.3. The molecule has 172 valence electrons. The van der Waals surface area contributed by atoms with Gasteiger partial charge < -0.3 is 24.0 Å². The lowest BCUT2D eigenvalue weighted by molar-refractivity contribution is -0.114. The third-order valence-corrected chi connectivity index (χ3v) is 5.85. The monoisotopic (exact) mass is 438 g/mol. The summed E-state index contributed by atoms with van der Waals surface area (Å²) >= 11 is 0. The minimum absolute atomic E-state index is 0.116. The minimum Gasteiger partial charge on any atom is -0.493 e. The molecule has 0 radical (unpaired) electrons. The Balaban J connectivity index is 1.42. The molecule has 6 heteroatoms. The Hall–Kier alpha value is -2.83. The number of ketones is 1. The largest absolute Gasteiger partial charge is 0.493 e. The summed E-state index contributed by atoms with van der Waals surface area (Å²) in [6.45, 7) is 6.03. The molecular weight excluding hydrogens is 404 g/mol. The molecule has 6 nitrogen and oxygen atoms in total. The molecule has 0 unspecified atom stereocenters. The van der Waals surface area contributed by atoms with E-state index in [9.17, 15) is 4.79 Å². The van der Waals surface area contributed by atoms with Crippen molar-refractivity contribution in [3.63, 3.8) is 0 Å². The van der Waals surface area contributed by atoms with Crippen molar-refractivity contribution in [2.75, 3.05) is 60.6 Å². The highest BCUT2D eigenvalue weighted by atomic mass is 16.5. The molecule has 0 bridgehead atoms. The van der Waals surface area contributed by atoms with Crippen LogP contribution in [0.5, 0.6) is 17.2 Å². The molecule has 2 aromatic carbocycles. The van der Waals surface area contributed by atoms with Crippen molar-refractivity contribution in [1.29, 1.82) is 0 Å². The Kier molecular flexibility index (Phi) is 9.13. The van der Waals surface area contributed by atoms with Crippen LogP contribution in [0, 0.1) is 0 Å². The molecule has 0 amide bonds. The number of hydrogen-bond donors (Lipinski definition) is 0. The van der Waals surface area contributed by atoms with Crippen LogP contribution in [0.4, 0.5) is 0 Å². The lowest BCUT2D eigenvalue weighted by atomic mass is 10.1. The highest BCUT2D eigenvalue weighted by Gasteiger charge is 2.17. The van der Waals surface area contributed by atoms with Gasteiger partial charge in [0.25, 0.3) is 0 Å². The van der Waals surface area contributed by atoms with Gasteiger partial charge in [0.2, 0.25) is 5.75 Å². The van der Waals surface area contributed by atoms with E-state index in [-0.39, 0.29) is 5.78 Å². The fourth-order valence-corrected chi connectivity index (χ4v) is 3.91. The van der Waals surface area contributed by atoms with E-state index < -0.39 is 0 Å². The summed E-state index contributed by atoms with van der Waals surface area (Å²) in [4.78, 5) is 17.3. The Morgan fingerprint density at radius 2 is 1.47 bits per heavy atom. The number of nitrogens with zero attached hydrogens (tertiary/aromatic N) is 2. The van der Waals surface area contributed by atoms with Crippen LogP contribution in [0.1, 0.15) is 17.5 Å². The summed E-state index contributed by atoms with van der Waals surface area (Å²) < 4.78 is 16.1. The molecular formula is C26H34N2O4. The van der Waals surface area contributed by atoms with Gasteiger partial charge in [-0.1, -0.05) is 36.4 Å². The summed E-state index contributed by atoms with van der Waals surface area (Å²) in [5.74, 6) is 1.81. The summed E-state index contributed by atoms with van der Waals surface area (Å²) in [5, 5.41) is 0. The molecule has 32 heavy (non-hydrogen) atoms. The number of methoxy groups -OCH3 is 3. The number of hydrogen-bond acceptors (Lipinski definition) is 6. The van der Waals surface area contributed by atoms with Gasteiger partial charge in [0.15, 0.2) is 17.3 Å². The minimum atomic E-state index is 0.116. The van der Waals surface area contributed by atoms with Gasteiger partial charge in [-0.25, -0.2) is 0 Å². The van der Waals surface area contributed by atoms with Crippen molar-refractivity contribution in [2.45, 2.75) is 12.8 Å². The molecule has 1 aliphatic heterocycles. The van der Waals surface area contributed by atoms with E-state index in [1.54, 1.807) is 33.5 Å². The maximum absolute atomic E-state index is 12.4. The fourth-order valence-electron chi connectivity index (χ4n) is 3.91. The summed E-state index contributed by atoms with van der Waals surface area (Å²) in [5.41, 5.74) is 2.22. The summed E-state index contributed by atoms with van der Waals surface area (Å²) in [7, 11) is 4.73. The third kappa shape index (κ3) is 6.84. The van der Waals surface area contributed by atoms with Crippen molar-refractivity contribution in [1.82, 2.24) is 9.80 Å². The molecule has 0 aromatic heterocycles. The van der Waals surface area contributed by atoms with Crippen molar-refractivity contribution < 1.29 is 19.0 Å². The zero-order valence-electron chi connectivity index (χ0n) is 19.4.